The van der Waals surface area contributed by atoms with Crippen molar-refractivity contribution < 1.29 is 0 Å². The Balaban J connectivity index is 2.61. The van der Waals surface area contributed by atoms with E-state index in [-0.39, 0.29) is 5.41 Å². The molecule has 0 radical (unpaired) electrons. The van der Waals surface area contributed by atoms with Crippen LogP contribution in [0.25, 0.3) is 11.5 Å². The molecule has 0 atom stereocenters. The van der Waals surface area contributed by atoms with E-state index in [9.17, 15) is 0 Å². The van der Waals surface area contributed by atoms with Crippen molar-refractivity contribution in [1.82, 2.24) is 15.0 Å². The number of anilines is 1. The number of nitrogens with one attached hydrogen (secondary N) is 1. The molecule has 1 N–H and O–H groups in total. The highest BCUT2D eigenvalue weighted by Gasteiger charge is 2.19. The zero-order valence-electron chi connectivity index (χ0n) is 11.5. The molecule has 0 aliphatic rings. The summed E-state index contributed by atoms with van der Waals surface area (Å²) in [6, 6.07) is 5.79. The number of halogens is 1. The average molecular weight is 321 g/mol. The standard InChI is InChI=1S/C14H17BrN4/c1-14(2,3)10-8-11(16-4)19-13(18-10)12-9(15)6-5-7-17-12/h5-8H,1-4H3,(H,16,18,19). The van der Waals surface area contributed by atoms with Crippen LogP contribution in [0.2, 0.25) is 0 Å². The molecule has 0 fully saturated rings. The van der Waals surface area contributed by atoms with Gasteiger partial charge < -0.3 is 5.32 Å². The van der Waals surface area contributed by atoms with Gasteiger partial charge in [0, 0.05) is 29.2 Å². The highest BCUT2D eigenvalue weighted by Crippen LogP contribution is 2.28. The Morgan fingerprint density at radius 1 is 1.21 bits per heavy atom. The van der Waals surface area contributed by atoms with Crippen molar-refractivity contribution in [3.63, 3.8) is 0 Å². The van der Waals surface area contributed by atoms with E-state index in [4.69, 9.17) is 0 Å². The second-order valence-electron chi connectivity index (χ2n) is 5.30. The molecular weight excluding hydrogens is 304 g/mol. The third kappa shape index (κ3) is 3.10. The van der Waals surface area contributed by atoms with Crippen LogP contribution in [-0.2, 0) is 5.41 Å². The smallest absolute Gasteiger partial charge is 0.181 e. The summed E-state index contributed by atoms with van der Waals surface area (Å²) < 4.78 is 0.892. The Kier molecular flexibility index (Phi) is 3.85. The first-order valence-electron chi connectivity index (χ1n) is 6.10. The molecule has 100 valence electrons. The fourth-order valence-corrected chi connectivity index (χ4v) is 2.05. The highest BCUT2D eigenvalue weighted by atomic mass is 79.9. The lowest BCUT2D eigenvalue weighted by Crippen LogP contribution is -2.15. The summed E-state index contributed by atoms with van der Waals surface area (Å²) in [4.78, 5) is 13.5. The molecule has 2 aromatic rings. The monoisotopic (exact) mass is 320 g/mol. The van der Waals surface area contributed by atoms with Crippen LogP contribution >= 0.6 is 15.9 Å². The number of aromatic nitrogens is 3. The second kappa shape index (κ2) is 5.25. The molecule has 5 heteroatoms. The van der Waals surface area contributed by atoms with E-state index in [1.165, 1.54) is 0 Å². The van der Waals surface area contributed by atoms with Gasteiger partial charge in [0.1, 0.15) is 11.5 Å². The maximum Gasteiger partial charge on any atom is 0.181 e. The summed E-state index contributed by atoms with van der Waals surface area (Å²) in [5.74, 6) is 1.43. The summed E-state index contributed by atoms with van der Waals surface area (Å²) in [6.45, 7) is 6.39. The van der Waals surface area contributed by atoms with Gasteiger partial charge in [-0.25, -0.2) is 9.97 Å². The van der Waals surface area contributed by atoms with Gasteiger partial charge in [0.05, 0.1) is 5.69 Å². The molecule has 0 spiro atoms. The summed E-state index contributed by atoms with van der Waals surface area (Å²) in [5.41, 5.74) is 1.70. The summed E-state index contributed by atoms with van der Waals surface area (Å²) in [5, 5.41) is 3.07. The predicted octanol–water partition coefficient (Wildman–Crippen LogP) is 3.64. The Morgan fingerprint density at radius 2 is 1.95 bits per heavy atom. The summed E-state index contributed by atoms with van der Waals surface area (Å²) in [7, 11) is 1.85. The molecule has 19 heavy (non-hydrogen) atoms. The van der Waals surface area contributed by atoms with E-state index in [0.717, 1.165) is 21.7 Å². The van der Waals surface area contributed by atoms with Crippen LogP contribution in [-0.4, -0.2) is 22.0 Å². The van der Waals surface area contributed by atoms with Crippen LogP contribution < -0.4 is 5.32 Å². The number of hydrogen-bond acceptors (Lipinski definition) is 4. The van der Waals surface area contributed by atoms with E-state index in [0.29, 0.717) is 5.82 Å². The molecule has 4 nitrogen and oxygen atoms in total. The molecule has 0 aliphatic heterocycles. The van der Waals surface area contributed by atoms with E-state index in [2.05, 4.69) is 57.0 Å². The van der Waals surface area contributed by atoms with Crippen molar-refractivity contribution in [1.29, 1.82) is 0 Å². The summed E-state index contributed by atoms with van der Waals surface area (Å²) >= 11 is 3.49. The SMILES string of the molecule is CNc1cc(C(C)(C)C)nc(-c2ncccc2Br)n1. The van der Waals surface area contributed by atoms with E-state index in [1.807, 2.05) is 25.2 Å². The van der Waals surface area contributed by atoms with Gasteiger partial charge in [0.15, 0.2) is 5.82 Å². The van der Waals surface area contributed by atoms with Crippen LogP contribution in [0, 0.1) is 0 Å². The van der Waals surface area contributed by atoms with Gasteiger partial charge in [-0.1, -0.05) is 20.8 Å². The topological polar surface area (TPSA) is 50.7 Å². The predicted molar refractivity (Wildman–Crippen MR) is 81.2 cm³/mol. The Morgan fingerprint density at radius 3 is 2.53 bits per heavy atom. The largest absolute Gasteiger partial charge is 0.373 e. The summed E-state index contributed by atoms with van der Waals surface area (Å²) in [6.07, 6.45) is 1.74. The van der Waals surface area contributed by atoms with Gasteiger partial charge in [0.25, 0.3) is 0 Å². The molecule has 0 saturated heterocycles. The Labute approximate surface area is 121 Å². The zero-order valence-corrected chi connectivity index (χ0v) is 13.1. The van der Waals surface area contributed by atoms with Gasteiger partial charge >= 0.3 is 0 Å². The maximum atomic E-state index is 4.64. The van der Waals surface area contributed by atoms with Gasteiger partial charge in [0.2, 0.25) is 0 Å². The van der Waals surface area contributed by atoms with Crippen molar-refractivity contribution in [2.45, 2.75) is 26.2 Å². The van der Waals surface area contributed by atoms with Crippen LogP contribution in [0.15, 0.2) is 28.9 Å². The Bertz CT molecular complexity index is 590. The van der Waals surface area contributed by atoms with Crippen molar-refractivity contribution in [3.8, 4) is 11.5 Å². The van der Waals surface area contributed by atoms with Crippen molar-refractivity contribution >= 4 is 21.7 Å². The van der Waals surface area contributed by atoms with E-state index >= 15 is 0 Å². The molecular formula is C14H17BrN4. The van der Waals surface area contributed by atoms with E-state index < -0.39 is 0 Å². The van der Waals surface area contributed by atoms with Gasteiger partial charge in [-0.05, 0) is 28.1 Å². The van der Waals surface area contributed by atoms with Crippen LogP contribution in [0.4, 0.5) is 5.82 Å². The van der Waals surface area contributed by atoms with Crippen LogP contribution in [0.1, 0.15) is 26.5 Å². The van der Waals surface area contributed by atoms with Crippen molar-refractivity contribution in [2.75, 3.05) is 12.4 Å². The zero-order chi connectivity index (χ0) is 14.0. The highest BCUT2D eigenvalue weighted by molar-refractivity contribution is 9.10. The van der Waals surface area contributed by atoms with E-state index in [1.54, 1.807) is 6.20 Å². The molecule has 2 heterocycles. The maximum absolute atomic E-state index is 4.64. The van der Waals surface area contributed by atoms with Gasteiger partial charge in [-0.3, -0.25) is 4.98 Å². The lowest BCUT2D eigenvalue weighted by molar-refractivity contribution is 0.568. The number of pyridine rings is 1. The molecule has 0 unspecified atom stereocenters. The molecule has 2 rings (SSSR count). The van der Waals surface area contributed by atoms with Crippen LogP contribution in [0.5, 0.6) is 0 Å². The third-order valence-corrected chi connectivity index (χ3v) is 3.36. The fraction of sp³-hybridized carbons (Fsp3) is 0.357. The molecule has 0 amide bonds. The number of hydrogen-bond donors (Lipinski definition) is 1. The minimum atomic E-state index is -0.0372. The van der Waals surface area contributed by atoms with Crippen molar-refractivity contribution in [2.24, 2.45) is 0 Å². The van der Waals surface area contributed by atoms with Gasteiger partial charge in [-0.2, -0.15) is 0 Å². The molecule has 0 aliphatic carbocycles. The Hall–Kier alpha value is -1.49. The number of nitrogens with zero attached hydrogens (tertiary/aromatic N) is 3. The first-order chi connectivity index (χ1) is 8.91. The number of rotatable bonds is 2. The minimum absolute atomic E-state index is 0.0372. The third-order valence-electron chi connectivity index (χ3n) is 2.72. The molecule has 0 saturated carbocycles. The average Bonchev–Trinajstić information content (AvgIpc) is 2.37. The lowest BCUT2D eigenvalue weighted by Gasteiger charge is -2.19. The minimum Gasteiger partial charge on any atom is -0.373 e. The molecule has 0 bridgehead atoms. The second-order valence-corrected chi connectivity index (χ2v) is 6.15. The normalized spacial score (nSPS) is 11.4. The first kappa shape index (κ1) is 13.9. The lowest BCUT2D eigenvalue weighted by atomic mass is 9.92. The molecule has 0 aromatic carbocycles. The first-order valence-corrected chi connectivity index (χ1v) is 6.89. The van der Waals surface area contributed by atoms with Crippen molar-refractivity contribution in [3.05, 3.63) is 34.6 Å². The quantitative estimate of drug-likeness (QED) is 0.917. The van der Waals surface area contributed by atoms with Gasteiger partial charge in [-0.15, -0.1) is 0 Å². The van der Waals surface area contributed by atoms with Crippen LogP contribution in [0.3, 0.4) is 0 Å². The fourth-order valence-electron chi connectivity index (χ4n) is 1.62. The molecule has 2 aromatic heterocycles.